The number of hydrogen-bond acceptors (Lipinski definition) is 4. The Morgan fingerprint density at radius 1 is 1.24 bits per heavy atom. The third-order valence-electron chi connectivity index (χ3n) is 2.91. The lowest BCUT2D eigenvalue weighted by Gasteiger charge is -2.09. The second-order valence-electron chi connectivity index (χ2n) is 5.02. The Morgan fingerprint density at radius 2 is 1.86 bits per heavy atom. The standard InChI is InChI=1S/C14H21N3O4/c1-7(2)16-10(18)6-15-13(19)12-8(3)11(9(4)17-12)14(20)21-5/h7,17H,6H2,1-5H3,(H,15,19)(H,16,18). The van der Waals surface area contributed by atoms with Gasteiger partial charge in [0.15, 0.2) is 0 Å². The fourth-order valence-electron chi connectivity index (χ4n) is 2.01. The van der Waals surface area contributed by atoms with Crippen molar-refractivity contribution >= 4 is 17.8 Å². The van der Waals surface area contributed by atoms with Gasteiger partial charge in [-0.3, -0.25) is 9.59 Å². The molecular weight excluding hydrogens is 274 g/mol. The van der Waals surface area contributed by atoms with E-state index in [-0.39, 0.29) is 24.2 Å². The van der Waals surface area contributed by atoms with Crippen LogP contribution in [0.25, 0.3) is 0 Å². The molecule has 0 aromatic carbocycles. The first-order valence-electron chi connectivity index (χ1n) is 6.63. The number of ether oxygens (including phenoxy) is 1. The Morgan fingerprint density at radius 3 is 2.38 bits per heavy atom. The van der Waals surface area contributed by atoms with Crippen LogP contribution in [-0.4, -0.2) is 42.5 Å². The van der Waals surface area contributed by atoms with E-state index >= 15 is 0 Å². The lowest BCUT2D eigenvalue weighted by Crippen LogP contribution is -2.40. The minimum atomic E-state index is -0.502. The smallest absolute Gasteiger partial charge is 0.339 e. The highest BCUT2D eigenvalue weighted by molar-refractivity contribution is 6.01. The molecule has 1 aromatic heterocycles. The molecule has 0 spiro atoms. The van der Waals surface area contributed by atoms with Crippen LogP contribution in [-0.2, 0) is 9.53 Å². The number of hydrogen-bond donors (Lipinski definition) is 3. The van der Waals surface area contributed by atoms with E-state index < -0.39 is 11.9 Å². The molecule has 1 rings (SSSR count). The predicted octanol–water partition coefficient (Wildman–Crippen LogP) is 0.673. The van der Waals surface area contributed by atoms with Crippen LogP contribution >= 0.6 is 0 Å². The molecule has 21 heavy (non-hydrogen) atoms. The quantitative estimate of drug-likeness (QED) is 0.695. The van der Waals surface area contributed by atoms with Crippen LogP contribution in [0.1, 0.15) is 46.0 Å². The van der Waals surface area contributed by atoms with Gasteiger partial charge in [0.2, 0.25) is 5.91 Å². The number of amides is 2. The van der Waals surface area contributed by atoms with Crippen LogP contribution in [0.15, 0.2) is 0 Å². The molecule has 0 atom stereocenters. The van der Waals surface area contributed by atoms with Gasteiger partial charge in [-0.25, -0.2) is 4.79 Å². The van der Waals surface area contributed by atoms with Crippen molar-refractivity contribution in [3.8, 4) is 0 Å². The van der Waals surface area contributed by atoms with Gasteiger partial charge in [-0.2, -0.15) is 0 Å². The molecule has 1 aromatic rings. The summed E-state index contributed by atoms with van der Waals surface area (Å²) in [6, 6.07) is 0.00907. The normalized spacial score (nSPS) is 10.4. The number of nitrogens with one attached hydrogen (secondary N) is 3. The van der Waals surface area contributed by atoms with Crippen molar-refractivity contribution in [3.63, 3.8) is 0 Å². The van der Waals surface area contributed by atoms with E-state index in [1.165, 1.54) is 7.11 Å². The first-order chi connectivity index (χ1) is 9.77. The molecule has 0 aliphatic carbocycles. The maximum atomic E-state index is 12.1. The van der Waals surface area contributed by atoms with Crippen molar-refractivity contribution in [2.75, 3.05) is 13.7 Å². The Labute approximate surface area is 123 Å². The first kappa shape index (κ1) is 16.7. The van der Waals surface area contributed by atoms with Gasteiger partial charge >= 0.3 is 5.97 Å². The number of H-pyrrole nitrogens is 1. The second kappa shape index (κ2) is 6.92. The molecule has 0 radical (unpaired) electrons. The fourth-order valence-corrected chi connectivity index (χ4v) is 2.01. The molecule has 2 amide bonds. The van der Waals surface area contributed by atoms with Gasteiger partial charge in [-0.1, -0.05) is 0 Å². The molecule has 0 unspecified atom stereocenters. The number of aromatic nitrogens is 1. The Hall–Kier alpha value is -2.31. The van der Waals surface area contributed by atoms with E-state index in [0.717, 1.165) is 0 Å². The average molecular weight is 295 g/mol. The maximum Gasteiger partial charge on any atom is 0.339 e. The summed E-state index contributed by atoms with van der Waals surface area (Å²) in [6.45, 7) is 6.88. The van der Waals surface area contributed by atoms with Crippen LogP contribution in [0.5, 0.6) is 0 Å². The molecule has 0 fully saturated rings. The number of carbonyl (C=O) groups excluding carboxylic acids is 3. The summed E-state index contributed by atoms with van der Waals surface area (Å²) < 4.78 is 4.68. The monoisotopic (exact) mass is 295 g/mol. The molecule has 7 heteroatoms. The zero-order chi connectivity index (χ0) is 16.2. The summed E-state index contributed by atoms with van der Waals surface area (Å²) in [4.78, 5) is 38.0. The lowest BCUT2D eigenvalue weighted by molar-refractivity contribution is -0.120. The number of aromatic amines is 1. The zero-order valence-electron chi connectivity index (χ0n) is 12.9. The summed E-state index contributed by atoms with van der Waals surface area (Å²) in [5.41, 5.74) is 1.65. The predicted molar refractivity (Wildman–Crippen MR) is 77.2 cm³/mol. The van der Waals surface area contributed by atoms with E-state index in [1.54, 1.807) is 13.8 Å². The summed E-state index contributed by atoms with van der Waals surface area (Å²) in [5, 5.41) is 5.18. The summed E-state index contributed by atoms with van der Waals surface area (Å²) in [5.74, 6) is -1.21. The molecule has 1 heterocycles. The van der Waals surface area contributed by atoms with Gasteiger partial charge in [0, 0.05) is 11.7 Å². The molecule has 0 aliphatic heterocycles. The Bertz CT molecular complexity index is 561. The third-order valence-corrected chi connectivity index (χ3v) is 2.91. The van der Waals surface area contributed by atoms with E-state index in [0.29, 0.717) is 16.8 Å². The van der Waals surface area contributed by atoms with Crippen LogP contribution in [0, 0.1) is 13.8 Å². The minimum absolute atomic E-state index is 0.00907. The Kier molecular flexibility index (Phi) is 5.52. The maximum absolute atomic E-state index is 12.1. The molecule has 3 N–H and O–H groups in total. The van der Waals surface area contributed by atoms with Crippen molar-refractivity contribution in [2.24, 2.45) is 0 Å². The molecule has 0 saturated heterocycles. The number of esters is 1. The van der Waals surface area contributed by atoms with Gasteiger partial charge in [0.25, 0.3) is 5.91 Å². The number of methoxy groups -OCH3 is 1. The largest absolute Gasteiger partial charge is 0.465 e. The van der Waals surface area contributed by atoms with Gasteiger partial charge in [-0.05, 0) is 33.3 Å². The lowest BCUT2D eigenvalue weighted by atomic mass is 10.1. The number of rotatable bonds is 5. The number of carbonyl (C=O) groups is 3. The highest BCUT2D eigenvalue weighted by Crippen LogP contribution is 2.18. The average Bonchev–Trinajstić information content (AvgIpc) is 2.70. The van der Waals surface area contributed by atoms with E-state index in [2.05, 4.69) is 20.4 Å². The molecule has 0 aliphatic rings. The Balaban J connectivity index is 2.80. The molecule has 0 saturated carbocycles. The summed E-state index contributed by atoms with van der Waals surface area (Å²) in [6.07, 6.45) is 0. The SMILES string of the molecule is COC(=O)c1c(C)[nH]c(C(=O)NCC(=O)NC(C)C)c1C. The van der Waals surface area contributed by atoms with Crippen molar-refractivity contribution < 1.29 is 19.1 Å². The molecule has 116 valence electrons. The zero-order valence-corrected chi connectivity index (χ0v) is 12.9. The highest BCUT2D eigenvalue weighted by Gasteiger charge is 2.22. The van der Waals surface area contributed by atoms with E-state index in [4.69, 9.17) is 0 Å². The summed E-state index contributed by atoms with van der Waals surface area (Å²) >= 11 is 0. The van der Waals surface area contributed by atoms with Gasteiger partial charge < -0.3 is 20.4 Å². The van der Waals surface area contributed by atoms with Crippen LogP contribution in [0.2, 0.25) is 0 Å². The molecular formula is C14H21N3O4. The summed E-state index contributed by atoms with van der Waals surface area (Å²) in [7, 11) is 1.28. The van der Waals surface area contributed by atoms with Crippen molar-refractivity contribution in [2.45, 2.75) is 33.7 Å². The van der Waals surface area contributed by atoms with Gasteiger partial charge in [0.1, 0.15) is 5.69 Å². The highest BCUT2D eigenvalue weighted by atomic mass is 16.5. The molecule has 0 bridgehead atoms. The van der Waals surface area contributed by atoms with Crippen LogP contribution in [0.3, 0.4) is 0 Å². The van der Waals surface area contributed by atoms with Crippen molar-refractivity contribution in [3.05, 3.63) is 22.5 Å². The van der Waals surface area contributed by atoms with Crippen molar-refractivity contribution in [1.82, 2.24) is 15.6 Å². The van der Waals surface area contributed by atoms with Crippen LogP contribution in [0.4, 0.5) is 0 Å². The third kappa shape index (κ3) is 4.08. The van der Waals surface area contributed by atoms with Crippen LogP contribution < -0.4 is 10.6 Å². The molecule has 7 nitrogen and oxygen atoms in total. The van der Waals surface area contributed by atoms with Crippen molar-refractivity contribution in [1.29, 1.82) is 0 Å². The van der Waals surface area contributed by atoms with E-state index in [1.807, 2.05) is 13.8 Å². The number of aryl methyl sites for hydroxylation is 1. The van der Waals surface area contributed by atoms with Gasteiger partial charge in [0.05, 0.1) is 19.2 Å². The van der Waals surface area contributed by atoms with Gasteiger partial charge in [-0.15, -0.1) is 0 Å². The van der Waals surface area contributed by atoms with E-state index in [9.17, 15) is 14.4 Å². The fraction of sp³-hybridized carbons (Fsp3) is 0.500. The second-order valence-corrected chi connectivity index (χ2v) is 5.02. The minimum Gasteiger partial charge on any atom is -0.465 e. The first-order valence-corrected chi connectivity index (χ1v) is 6.63. The topological polar surface area (TPSA) is 100 Å².